The molecule has 0 radical (unpaired) electrons. The minimum absolute atomic E-state index is 0.114. The number of halogens is 2. The predicted octanol–water partition coefficient (Wildman–Crippen LogP) is 4.08. The Labute approximate surface area is 179 Å². The number of nitrogens with zero attached hydrogens (tertiary/aromatic N) is 4. The van der Waals surface area contributed by atoms with E-state index in [1.807, 2.05) is 44.2 Å². The minimum Gasteiger partial charge on any atom is -0.353 e. The van der Waals surface area contributed by atoms with Crippen molar-refractivity contribution in [3.63, 3.8) is 0 Å². The number of aryl methyl sites for hydroxylation is 2. The molecule has 0 atom stereocenters. The number of nitrogens with one attached hydrogen (secondary N) is 1. The van der Waals surface area contributed by atoms with Crippen LogP contribution in [0.2, 0.25) is 0 Å². The van der Waals surface area contributed by atoms with Gasteiger partial charge >= 0.3 is 0 Å². The van der Waals surface area contributed by atoms with Crippen molar-refractivity contribution in [1.82, 2.24) is 14.9 Å². The molecule has 1 aliphatic heterocycles. The molecule has 3 aromatic rings. The van der Waals surface area contributed by atoms with Crippen molar-refractivity contribution < 1.29 is 13.6 Å². The van der Waals surface area contributed by atoms with E-state index in [2.05, 4.69) is 20.2 Å². The van der Waals surface area contributed by atoms with Crippen molar-refractivity contribution >= 4 is 23.4 Å². The minimum atomic E-state index is -0.842. The van der Waals surface area contributed by atoms with E-state index in [1.165, 1.54) is 11.6 Å². The van der Waals surface area contributed by atoms with Gasteiger partial charge < -0.3 is 15.1 Å². The van der Waals surface area contributed by atoms with E-state index >= 15 is 0 Å². The Bertz CT molecular complexity index is 1100. The van der Waals surface area contributed by atoms with Gasteiger partial charge in [0.25, 0.3) is 5.91 Å². The summed E-state index contributed by atoms with van der Waals surface area (Å²) in [6.45, 7) is 5.87. The fraction of sp³-hybridized carbons (Fsp3) is 0.261. The third-order valence-electron chi connectivity index (χ3n) is 5.20. The summed E-state index contributed by atoms with van der Waals surface area (Å²) in [5, 5.41) is 3.23. The van der Waals surface area contributed by atoms with Gasteiger partial charge in [-0.25, -0.2) is 13.8 Å². The second-order valence-electron chi connectivity index (χ2n) is 7.59. The first-order valence-electron chi connectivity index (χ1n) is 10.1. The highest BCUT2D eigenvalue weighted by atomic mass is 19.1. The first-order chi connectivity index (χ1) is 14.9. The lowest BCUT2D eigenvalue weighted by atomic mass is 10.1. The lowest BCUT2D eigenvalue weighted by molar-refractivity contribution is 0.0741. The summed E-state index contributed by atoms with van der Waals surface area (Å²) < 4.78 is 27.1. The molecule has 1 fully saturated rings. The zero-order valence-corrected chi connectivity index (χ0v) is 17.4. The maximum atomic E-state index is 14.0. The number of carbonyl (C=O) groups excluding carboxylic acids is 1. The number of amides is 1. The van der Waals surface area contributed by atoms with Gasteiger partial charge in [-0.3, -0.25) is 4.79 Å². The number of aromatic nitrogens is 2. The van der Waals surface area contributed by atoms with Crippen molar-refractivity contribution in [3.8, 4) is 0 Å². The molecule has 1 N–H and O–H groups in total. The molecular weight excluding hydrogens is 400 g/mol. The SMILES string of the molecule is Cc1ccc(Nc2nc(C)cc(N3CCN(C(=O)c4ccc(F)cc4F)CC3)n2)cc1. The summed E-state index contributed by atoms with van der Waals surface area (Å²) in [5.41, 5.74) is 2.78. The van der Waals surface area contributed by atoms with Gasteiger partial charge in [0.15, 0.2) is 0 Å². The number of anilines is 3. The molecule has 1 aliphatic rings. The molecule has 2 aromatic carbocycles. The third kappa shape index (κ3) is 4.79. The van der Waals surface area contributed by atoms with Gasteiger partial charge in [-0.05, 0) is 38.1 Å². The highest BCUT2D eigenvalue weighted by Crippen LogP contribution is 2.21. The summed E-state index contributed by atoms with van der Waals surface area (Å²) in [7, 11) is 0. The number of benzene rings is 2. The first-order valence-corrected chi connectivity index (χ1v) is 10.1. The topological polar surface area (TPSA) is 61.4 Å². The highest BCUT2D eigenvalue weighted by molar-refractivity contribution is 5.94. The third-order valence-corrected chi connectivity index (χ3v) is 5.20. The normalized spacial score (nSPS) is 13.9. The summed E-state index contributed by atoms with van der Waals surface area (Å²) >= 11 is 0. The molecule has 2 heterocycles. The Morgan fingerprint density at radius 3 is 2.32 bits per heavy atom. The van der Waals surface area contributed by atoms with Crippen LogP contribution >= 0.6 is 0 Å². The Balaban J connectivity index is 1.44. The molecule has 0 spiro atoms. The van der Waals surface area contributed by atoms with E-state index in [0.717, 1.165) is 29.3 Å². The number of hydrogen-bond donors (Lipinski definition) is 1. The molecule has 0 saturated carbocycles. The second-order valence-corrected chi connectivity index (χ2v) is 7.59. The van der Waals surface area contributed by atoms with E-state index in [-0.39, 0.29) is 5.56 Å². The quantitative estimate of drug-likeness (QED) is 0.685. The maximum Gasteiger partial charge on any atom is 0.256 e. The van der Waals surface area contributed by atoms with Gasteiger partial charge in [0.2, 0.25) is 5.95 Å². The summed E-state index contributed by atoms with van der Waals surface area (Å²) in [6, 6.07) is 12.9. The molecule has 1 saturated heterocycles. The van der Waals surface area contributed by atoms with Crippen LogP contribution in [0.3, 0.4) is 0 Å². The molecule has 0 unspecified atom stereocenters. The fourth-order valence-corrected chi connectivity index (χ4v) is 3.51. The summed E-state index contributed by atoms with van der Waals surface area (Å²) in [4.78, 5) is 25.4. The number of rotatable bonds is 4. The van der Waals surface area contributed by atoms with Gasteiger partial charge in [0.1, 0.15) is 17.5 Å². The molecule has 160 valence electrons. The largest absolute Gasteiger partial charge is 0.353 e. The second kappa shape index (κ2) is 8.67. The zero-order chi connectivity index (χ0) is 22.0. The smallest absolute Gasteiger partial charge is 0.256 e. The van der Waals surface area contributed by atoms with Crippen LogP contribution in [0.4, 0.5) is 26.2 Å². The monoisotopic (exact) mass is 423 g/mol. The van der Waals surface area contributed by atoms with Gasteiger partial charge in [-0.2, -0.15) is 4.98 Å². The molecule has 31 heavy (non-hydrogen) atoms. The Kier molecular flexibility index (Phi) is 5.79. The highest BCUT2D eigenvalue weighted by Gasteiger charge is 2.25. The Morgan fingerprint density at radius 1 is 0.935 bits per heavy atom. The van der Waals surface area contributed by atoms with E-state index in [1.54, 1.807) is 4.90 Å². The maximum absolute atomic E-state index is 14.0. The molecule has 4 rings (SSSR count). The van der Waals surface area contributed by atoms with E-state index in [0.29, 0.717) is 32.1 Å². The average Bonchev–Trinajstić information content (AvgIpc) is 2.75. The van der Waals surface area contributed by atoms with Crippen molar-refractivity contribution in [2.75, 3.05) is 36.4 Å². The number of carbonyl (C=O) groups is 1. The van der Waals surface area contributed by atoms with Crippen LogP contribution < -0.4 is 10.2 Å². The molecule has 0 aliphatic carbocycles. The average molecular weight is 423 g/mol. The molecule has 0 bridgehead atoms. The van der Waals surface area contributed by atoms with Crippen LogP contribution in [0.5, 0.6) is 0 Å². The van der Waals surface area contributed by atoms with E-state index < -0.39 is 17.5 Å². The van der Waals surface area contributed by atoms with Crippen LogP contribution in [0, 0.1) is 25.5 Å². The van der Waals surface area contributed by atoms with E-state index in [9.17, 15) is 13.6 Å². The summed E-state index contributed by atoms with van der Waals surface area (Å²) in [5.74, 6) is -0.704. The zero-order valence-electron chi connectivity index (χ0n) is 17.4. The fourth-order valence-electron chi connectivity index (χ4n) is 3.51. The van der Waals surface area contributed by atoms with Gasteiger partial charge in [-0.1, -0.05) is 17.7 Å². The predicted molar refractivity (Wildman–Crippen MR) is 116 cm³/mol. The lowest BCUT2D eigenvalue weighted by Gasteiger charge is -2.35. The lowest BCUT2D eigenvalue weighted by Crippen LogP contribution is -2.49. The van der Waals surface area contributed by atoms with Gasteiger partial charge in [-0.15, -0.1) is 0 Å². The molecule has 8 heteroatoms. The van der Waals surface area contributed by atoms with Crippen molar-refractivity contribution in [2.24, 2.45) is 0 Å². The Morgan fingerprint density at radius 2 is 1.65 bits per heavy atom. The van der Waals surface area contributed by atoms with Crippen LogP contribution in [0.15, 0.2) is 48.5 Å². The number of hydrogen-bond acceptors (Lipinski definition) is 5. The molecule has 1 amide bonds. The van der Waals surface area contributed by atoms with Crippen LogP contribution in [-0.2, 0) is 0 Å². The molecular formula is C23H23F2N5O. The molecule has 6 nitrogen and oxygen atoms in total. The van der Waals surface area contributed by atoms with Crippen LogP contribution in [0.1, 0.15) is 21.6 Å². The van der Waals surface area contributed by atoms with Crippen molar-refractivity contribution in [3.05, 3.63) is 77.0 Å². The van der Waals surface area contributed by atoms with Crippen LogP contribution in [0.25, 0.3) is 0 Å². The first kappa shape index (κ1) is 20.7. The van der Waals surface area contributed by atoms with Crippen molar-refractivity contribution in [2.45, 2.75) is 13.8 Å². The summed E-state index contributed by atoms with van der Waals surface area (Å²) in [6.07, 6.45) is 0. The van der Waals surface area contributed by atoms with Crippen molar-refractivity contribution in [1.29, 1.82) is 0 Å². The molecule has 1 aromatic heterocycles. The standard InChI is InChI=1S/C23H23F2N5O/c1-15-3-6-18(7-4-15)27-23-26-16(2)13-21(28-23)29-9-11-30(12-10-29)22(31)19-8-5-17(24)14-20(19)25/h3-8,13-14H,9-12H2,1-2H3,(H,26,27,28). The van der Waals surface area contributed by atoms with Gasteiger partial charge in [0.05, 0.1) is 5.56 Å². The number of piperazine rings is 1. The van der Waals surface area contributed by atoms with E-state index in [4.69, 9.17) is 0 Å². The van der Waals surface area contributed by atoms with Gasteiger partial charge in [0, 0.05) is 49.7 Å². The van der Waals surface area contributed by atoms with Crippen LogP contribution in [-0.4, -0.2) is 47.0 Å². The Hall–Kier alpha value is -3.55.